The van der Waals surface area contributed by atoms with Gasteiger partial charge in [0, 0.05) is 15.9 Å². The zero-order chi connectivity index (χ0) is 17.1. The van der Waals surface area contributed by atoms with E-state index in [2.05, 4.69) is 29.4 Å². The van der Waals surface area contributed by atoms with Crippen LogP contribution in [0.3, 0.4) is 0 Å². The highest BCUT2D eigenvalue weighted by molar-refractivity contribution is 6.30. The van der Waals surface area contributed by atoms with E-state index in [1.54, 1.807) is 18.3 Å². The summed E-state index contributed by atoms with van der Waals surface area (Å²) in [6.07, 6.45) is 1.59. The topological polar surface area (TPSA) is 57.2 Å². The van der Waals surface area contributed by atoms with Crippen molar-refractivity contribution in [2.75, 3.05) is 0 Å². The molecule has 0 spiro atoms. The Morgan fingerprint density at radius 3 is 2.58 bits per heavy atom. The predicted molar refractivity (Wildman–Crippen MR) is 98.9 cm³/mol. The Bertz CT molecular complexity index is 895. The van der Waals surface area contributed by atoms with Gasteiger partial charge in [-0.05, 0) is 35.2 Å². The number of fused-ring (bicyclic) bond motifs is 1. The average molecular weight is 340 g/mol. The van der Waals surface area contributed by atoms with Crippen molar-refractivity contribution in [2.24, 2.45) is 5.10 Å². The molecule has 0 fully saturated rings. The summed E-state index contributed by atoms with van der Waals surface area (Å²) < 4.78 is 0. The van der Waals surface area contributed by atoms with E-state index in [1.807, 2.05) is 36.4 Å². The van der Waals surface area contributed by atoms with Crippen LogP contribution in [-0.2, 0) is 0 Å². The zero-order valence-electron chi connectivity index (χ0n) is 13.5. The molecule has 1 aromatic heterocycles. The van der Waals surface area contributed by atoms with E-state index in [0.29, 0.717) is 10.7 Å². The molecule has 4 nitrogen and oxygen atoms in total. The molecule has 3 rings (SSSR count). The van der Waals surface area contributed by atoms with Crippen molar-refractivity contribution in [3.05, 3.63) is 70.4 Å². The number of amides is 1. The van der Waals surface area contributed by atoms with Gasteiger partial charge in [-0.1, -0.05) is 55.8 Å². The lowest BCUT2D eigenvalue weighted by molar-refractivity contribution is 0.0949. The third kappa shape index (κ3) is 3.34. The van der Waals surface area contributed by atoms with Gasteiger partial charge in [-0.15, -0.1) is 0 Å². The van der Waals surface area contributed by atoms with E-state index in [1.165, 1.54) is 0 Å². The van der Waals surface area contributed by atoms with Gasteiger partial charge in [0.25, 0.3) is 5.91 Å². The number of hydrogen-bond donors (Lipinski definition) is 2. The minimum absolute atomic E-state index is 0.224. The second-order valence-electron chi connectivity index (χ2n) is 5.86. The number of hydrogen-bond acceptors (Lipinski definition) is 2. The van der Waals surface area contributed by atoms with Gasteiger partial charge in [0.2, 0.25) is 0 Å². The number of aromatic nitrogens is 1. The number of aromatic amines is 1. The minimum Gasteiger partial charge on any atom is -0.350 e. The van der Waals surface area contributed by atoms with Crippen LogP contribution in [0.2, 0.25) is 5.02 Å². The molecule has 0 aliphatic rings. The van der Waals surface area contributed by atoms with E-state index in [4.69, 9.17) is 11.6 Å². The largest absolute Gasteiger partial charge is 0.350 e. The number of para-hydroxylation sites is 1. The van der Waals surface area contributed by atoms with Crippen LogP contribution in [0.15, 0.2) is 53.6 Å². The normalized spacial score (nSPS) is 11.5. The molecule has 2 N–H and O–H groups in total. The number of hydrazone groups is 1. The lowest BCUT2D eigenvalue weighted by Crippen LogP contribution is -2.19. The second-order valence-corrected chi connectivity index (χ2v) is 6.30. The molecule has 0 saturated carbocycles. The van der Waals surface area contributed by atoms with Gasteiger partial charge in [0.05, 0.1) is 6.21 Å². The van der Waals surface area contributed by atoms with E-state index in [9.17, 15) is 4.79 Å². The number of benzene rings is 2. The van der Waals surface area contributed by atoms with Gasteiger partial charge >= 0.3 is 0 Å². The number of nitrogens with zero attached hydrogens (tertiary/aromatic N) is 1. The first kappa shape index (κ1) is 16.3. The second kappa shape index (κ2) is 6.89. The van der Waals surface area contributed by atoms with Crippen molar-refractivity contribution in [3.63, 3.8) is 0 Å². The molecular weight excluding hydrogens is 322 g/mol. The van der Waals surface area contributed by atoms with Crippen LogP contribution in [0.25, 0.3) is 10.9 Å². The molecule has 0 unspecified atom stereocenters. The van der Waals surface area contributed by atoms with Crippen LogP contribution in [-0.4, -0.2) is 17.1 Å². The Balaban J connectivity index is 1.83. The van der Waals surface area contributed by atoms with E-state index in [0.717, 1.165) is 22.0 Å². The molecule has 0 atom stereocenters. The zero-order valence-corrected chi connectivity index (χ0v) is 14.3. The highest BCUT2D eigenvalue weighted by Crippen LogP contribution is 2.28. The van der Waals surface area contributed by atoms with E-state index >= 15 is 0 Å². The maximum Gasteiger partial charge on any atom is 0.288 e. The third-order valence-corrected chi connectivity index (χ3v) is 4.05. The number of H-pyrrole nitrogens is 1. The molecule has 0 aliphatic carbocycles. The summed E-state index contributed by atoms with van der Waals surface area (Å²) >= 11 is 5.84. The van der Waals surface area contributed by atoms with E-state index < -0.39 is 0 Å². The highest BCUT2D eigenvalue weighted by atomic mass is 35.5. The third-order valence-electron chi connectivity index (χ3n) is 3.80. The summed E-state index contributed by atoms with van der Waals surface area (Å²) in [5.41, 5.74) is 5.96. The van der Waals surface area contributed by atoms with Crippen LogP contribution in [0, 0.1) is 0 Å². The molecule has 5 heteroatoms. The number of rotatable bonds is 4. The van der Waals surface area contributed by atoms with Gasteiger partial charge in [-0.25, -0.2) is 5.43 Å². The smallest absolute Gasteiger partial charge is 0.288 e. The van der Waals surface area contributed by atoms with Crippen molar-refractivity contribution >= 4 is 34.6 Å². The Hall–Kier alpha value is -2.59. The Morgan fingerprint density at radius 1 is 1.17 bits per heavy atom. The molecule has 1 amide bonds. The van der Waals surface area contributed by atoms with Crippen LogP contribution >= 0.6 is 11.6 Å². The fraction of sp³-hybridized carbons (Fsp3) is 0.158. The van der Waals surface area contributed by atoms with Crippen LogP contribution < -0.4 is 5.43 Å². The average Bonchev–Trinajstić information content (AvgIpc) is 2.96. The molecule has 0 bridgehead atoms. The summed E-state index contributed by atoms with van der Waals surface area (Å²) in [5.74, 6) is -0.0257. The summed E-state index contributed by atoms with van der Waals surface area (Å²) in [5, 5.41) is 5.76. The first-order valence-electron chi connectivity index (χ1n) is 7.76. The van der Waals surface area contributed by atoms with Gasteiger partial charge in [0.15, 0.2) is 0 Å². The molecule has 122 valence electrons. The van der Waals surface area contributed by atoms with Gasteiger partial charge in [0.1, 0.15) is 5.69 Å². The number of halogens is 1. The first-order valence-corrected chi connectivity index (χ1v) is 8.13. The molecule has 24 heavy (non-hydrogen) atoms. The molecule has 0 saturated heterocycles. The summed E-state index contributed by atoms with van der Waals surface area (Å²) in [6.45, 7) is 4.15. The maximum atomic E-state index is 12.5. The molecule has 3 aromatic rings. The highest BCUT2D eigenvalue weighted by Gasteiger charge is 2.19. The van der Waals surface area contributed by atoms with Crippen molar-refractivity contribution in [2.45, 2.75) is 19.8 Å². The lowest BCUT2D eigenvalue weighted by atomic mass is 9.99. The fourth-order valence-electron chi connectivity index (χ4n) is 2.71. The van der Waals surface area contributed by atoms with Gasteiger partial charge in [-0.3, -0.25) is 4.79 Å². The molecular formula is C19H18ClN3O. The number of carbonyl (C=O) groups is 1. The first-order chi connectivity index (χ1) is 11.6. The van der Waals surface area contributed by atoms with Crippen LogP contribution in [0.5, 0.6) is 0 Å². The Morgan fingerprint density at radius 2 is 1.88 bits per heavy atom. The fourth-order valence-corrected chi connectivity index (χ4v) is 2.84. The molecule has 0 radical (unpaired) electrons. The van der Waals surface area contributed by atoms with Crippen LogP contribution in [0.4, 0.5) is 0 Å². The van der Waals surface area contributed by atoms with E-state index in [-0.39, 0.29) is 11.8 Å². The number of nitrogens with one attached hydrogen (secondary N) is 2. The molecule has 1 heterocycles. The van der Waals surface area contributed by atoms with Crippen molar-refractivity contribution in [1.29, 1.82) is 0 Å². The standard InChI is InChI=1S/C19H18ClN3O/c1-12(2)17-15-5-3-4-6-16(15)22-18(17)19(24)23-21-11-13-7-9-14(20)10-8-13/h3-12,22H,1-2H3,(H,23,24). The summed E-state index contributed by atoms with van der Waals surface area (Å²) in [7, 11) is 0. The SMILES string of the molecule is CC(C)c1c(C(=O)NN=Cc2ccc(Cl)cc2)[nH]c2ccccc12. The minimum atomic E-state index is -0.250. The monoisotopic (exact) mass is 339 g/mol. The Kier molecular flexibility index (Phi) is 4.67. The van der Waals surface area contributed by atoms with Crippen molar-refractivity contribution in [3.8, 4) is 0 Å². The lowest BCUT2D eigenvalue weighted by Gasteiger charge is -2.07. The molecule has 2 aromatic carbocycles. The van der Waals surface area contributed by atoms with Crippen LogP contribution in [0.1, 0.15) is 41.4 Å². The van der Waals surface area contributed by atoms with Gasteiger partial charge < -0.3 is 4.98 Å². The Labute approximate surface area is 145 Å². The van der Waals surface area contributed by atoms with Gasteiger partial charge in [-0.2, -0.15) is 5.10 Å². The van der Waals surface area contributed by atoms with Crippen molar-refractivity contribution in [1.82, 2.24) is 10.4 Å². The quantitative estimate of drug-likeness (QED) is 0.525. The maximum absolute atomic E-state index is 12.5. The predicted octanol–water partition coefficient (Wildman–Crippen LogP) is 4.71. The van der Waals surface area contributed by atoms with Crippen molar-refractivity contribution < 1.29 is 4.79 Å². The summed E-state index contributed by atoms with van der Waals surface area (Å²) in [6, 6.07) is 15.1. The number of carbonyl (C=O) groups excluding carboxylic acids is 1. The summed E-state index contributed by atoms with van der Waals surface area (Å²) in [4.78, 5) is 15.7. The molecule has 0 aliphatic heterocycles.